The molecule has 9 heteroatoms. The number of aryl methyl sites for hydroxylation is 2. The van der Waals surface area contributed by atoms with Crippen LogP contribution in [0.4, 0.5) is 0 Å². The van der Waals surface area contributed by atoms with Gasteiger partial charge in [0.1, 0.15) is 0 Å². The first-order chi connectivity index (χ1) is 16.1. The number of aromatic amines is 1. The summed E-state index contributed by atoms with van der Waals surface area (Å²) in [4.78, 5) is 12.2. The topological polar surface area (TPSA) is 111 Å². The minimum atomic E-state index is 0.0366. The number of carbonyl (C=O) groups is 1. The molecule has 0 fully saturated rings. The number of hydrogen-bond donors (Lipinski definition) is 2. The number of nitrogens with one attached hydrogen (secondary N) is 2. The van der Waals surface area contributed by atoms with E-state index in [2.05, 4.69) is 38.1 Å². The summed E-state index contributed by atoms with van der Waals surface area (Å²) in [5, 5.41) is 16.8. The van der Waals surface area contributed by atoms with Crippen molar-refractivity contribution in [2.45, 2.75) is 64.7 Å². The number of nitrogens with zero attached hydrogens (tertiary/aromatic N) is 3. The number of aromatic nitrogens is 4. The lowest BCUT2D eigenvalue weighted by Gasteiger charge is -2.13. The average molecular weight is 462 g/mol. The maximum Gasteiger partial charge on any atom is 0.222 e. The summed E-state index contributed by atoms with van der Waals surface area (Å²) >= 11 is 0. The molecule has 1 aromatic heterocycles. The molecule has 33 heavy (non-hydrogen) atoms. The van der Waals surface area contributed by atoms with Crippen molar-refractivity contribution in [2.75, 3.05) is 34.0 Å². The Kier molecular flexibility index (Phi) is 12.9. The molecular weight excluding hydrogens is 422 g/mol. The second-order valence-corrected chi connectivity index (χ2v) is 8.26. The smallest absolute Gasteiger partial charge is 0.222 e. The van der Waals surface area contributed by atoms with Crippen molar-refractivity contribution >= 4 is 5.91 Å². The third-order valence-corrected chi connectivity index (χ3v) is 5.54. The predicted molar refractivity (Wildman–Crippen MR) is 126 cm³/mol. The van der Waals surface area contributed by atoms with Gasteiger partial charge in [0, 0.05) is 39.0 Å². The van der Waals surface area contributed by atoms with Crippen LogP contribution in [0.5, 0.6) is 11.5 Å². The van der Waals surface area contributed by atoms with E-state index in [1.54, 1.807) is 14.2 Å². The number of amides is 1. The van der Waals surface area contributed by atoms with Crippen molar-refractivity contribution in [3.63, 3.8) is 0 Å². The van der Waals surface area contributed by atoms with Crippen LogP contribution in [0.25, 0.3) is 0 Å². The van der Waals surface area contributed by atoms with Crippen LogP contribution in [0, 0.1) is 5.92 Å². The van der Waals surface area contributed by atoms with Crippen LogP contribution in [-0.2, 0) is 22.4 Å². The average Bonchev–Trinajstić information content (AvgIpc) is 3.35. The van der Waals surface area contributed by atoms with Gasteiger partial charge in [-0.3, -0.25) is 4.79 Å². The number of tetrazole rings is 1. The van der Waals surface area contributed by atoms with Crippen molar-refractivity contribution in [3.05, 3.63) is 29.6 Å². The summed E-state index contributed by atoms with van der Waals surface area (Å²) in [6.45, 7) is 3.93. The highest BCUT2D eigenvalue weighted by Gasteiger charge is 2.12. The minimum absolute atomic E-state index is 0.0366. The molecule has 0 aliphatic carbocycles. The SMILES string of the molecule is COCCCOc1cc(CCCCCC[C@@H](C)C(=O)NCCCc2nn[nH]n2)ccc1OC. The number of rotatable bonds is 18. The molecule has 0 aliphatic rings. The Morgan fingerprint density at radius 1 is 1.03 bits per heavy atom. The lowest BCUT2D eigenvalue weighted by Crippen LogP contribution is -2.30. The largest absolute Gasteiger partial charge is 0.493 e. The van der Waals surface area contributed by atoms with E-state index in [4.69, 9.17) is 14.2 Å². The van der Waals surface area contributed by atoms with E-state index in [1.807, 2.05) is 13.0 Å². The summed E-state index contributed by atoms with van der Waals surface area (Å²) in [7, 11) is 3.35. The third-order valence-electron chi connectivity index (χ3n) is 5.54. The molecule has 0 spiro atoms. The minimum Gasteiger partial charge on any atom is -0.493 e. The van der Waals surface area contributed by atoms with Gasteiger partial charge < -0.3 is 19.5 Å². The molecule has 2 rings (SSSR count). The lowest BCUT2D eigenvalue weighted by molar-refractivity contribution is -0.124. The van der Waals surface area contributed by atoms with Gasteiger partial charge in [-0.05, 0) is 43.4 Å². The van der Waals surface area contributed by atoms with Crippen LogP contribution in [0.3, 0.4) is 0 Å². The normalized spacial score (nSPS) is 11.8. The predicted octanol–water partition coefficient (Wildman–Crippen LogP) is 3.50. The first-order valence-electron chi connectivity index (χ1n) is 11.9. The van der Waals surface area contributed by atoms with Gasteiger partial charge in [0.25, 0.3) is 0 Å². The summed E-state index contributed by atoms with van der Waals surface area (Å²) in [6.07, 6.45) is 8.75. The molecule has 1 atom stereocenters. The van der Waals surface area contributed by atoms with Gasteiger partial charge in [-0.15, -0.1) is 10.2 Å². The molecule has 1 amide bonds. The number of carbonyl (C=O) groups excluding carboxylic acids is 1. The molecule has 0 radical (unpaired) electrons. The molecular formula is C24H39N5O4. The van der Waals surface area contributed by atoms with Crippen molar-refractivity contribution in [1.82, 2.24) is 25.9 Å². The van der Waals surface area contributed by atoms with E-state index in [-0.39, 0.29) is 11.8 Å². The molecule has 1 aromatic carbocycles. The third kappa shape index (κ3) is 10.7. The lowest BCUT2D eigenvalue weighted by atomic mass is 10.00. The molecule has 0 aliphatic heterocycles. The molecule has 2 N–H and O–H groups in total. The highest BCUT2D eigenvalue weighted by atomic mass is 16.5. The highest BCUT2D eigenvalue weighted by Crippen LogP contribution is 2.29. The van der Waals surface area contributed by atoms with Crippen molar-refractivity contribution in [3.8, 4) is 11.5 Å². The number of methoxy groups -OCH3 is 2. The summed E-state index contributed by atoms with van der Waals surface area (Å²) < 4.78 is 16.3. The summed E-state index contributed by atoms with van der Waals surface area (Å²) in [6, 6.07) is 6.16. The van der Waals surface area contributed by atoms with E-state index in [0.29, 0.717) is 32.0 Å². The molecule has 9 nitrogen and oxygen atoms in total. The fraction of sp³-hybridized carbons (Fsp3) is 0.667. The Morgan fingerprint density at radius 3 is 2.64 bits per heavy atom. The Balaban J connectivity index is 1.56. The summed E-state index contributed by atoms with van der Waals surface area (Å²) in [5.41, 5.74) is 1.26. The number of H-pyrrole nitrogens is 1. The Bertz CT molecular complexity index is 785. The molecule has 0 saturated heterocycles. The van der Waals surface area contributed by atoms with E-state index < -0.39 is 0 Å². The number of ether oxygens (including phenoxy) is 3. The Morgan fingerprint density at radius 2 is 1.88 bits per heavy atom. The zero-order chi connectivity index (χ0) is 23.7. The fourth-order valence-corrected chi connectivity index (χ4v) is 3.56. The maximum atomic E-state index is 12.2. The first kappa shape index (κ1) is 26.6. The van der Waals surface area contributed by atoms with Crippen LogP contribution in [-0.4, -0.2) is 60.5 Å². The molecule has 1 heterocycles. The first-order valence-corrected chi connectivity index (χ1v) is 11.9. The zero-order valence-corrected chi connectivity index (χ0v) is 20.3. The molecule has 0 unspecified atom stereocenters. The van der Waals surface area contributed by atoms with Gasteiger partial charge in [0.2, 0.25) is 5.91 Å². The van der Waals surface area contributed by atoms with Crippen molar-refractivity contribution < 1.29 is 19.0 Å². The fourth-order valence-electron chi connectivity index (χ4n) is 3.56. The number of benzene rings is 1. The second-order valence-electron chi connectivity index (χ2n) is 8.26. The Hall–Kier alpha value is -2.68. The monoisotopic (exact) mass is 461 g/mol. The van der Waals surface area contributed by atoms with Gasteiger partial charge in [-0.2, -0.15) is 5.21 Å². The molecule has 0 saturated carbocycles. The number of unbranched alkanes of at least 4 members (excludes halogenated alkanes) is 3. The van der Waals surface area contributed by atoms with Gasteiger partial charge in [0.05, 0.1) is 13.7 Å². The molecule has 184 valence electrons. The zero-order valence-electron chi connectivity index (χ0n) is 20.3. The Labute approximate surface area is 197 Å². The standard InChI is InChI=1S/C24H39N5O4/c1-19(24(30)25-15-8-12-23-26-28-29-27-23)10-6-4-5-7-11-20-13-14-21(32-3)22(18-20)33-17-9-16-31-2/h13-14,18-19H,4-12,15-17H2,1-3H3,(H,25,30)(H,26,27,28,29)/t19-/m1/s1. The van der Waals surface area contributed by atoms with E-state index >= 15 is 0 Å². The van der Waals surface area contributed by atoms with Gasteiger partial charge in [-0.25, -0.2) is 0 Å². The van der Waals surface area contributed by atoms with E-state index in [9.17, 15) is 4.79 Å². The van der Waals surface area contributed by atoms with Gasteiger partial charge in [-0.1, -0.05) is 37.5 Å². The second kappa shape index (κ2) is 16.0. The van der Waals surface area contributed by atoms with Gasteiger partial charge >= 0.3 is 0 Å². The van der Waals surface area contributed by atoms with E-state index in [0.717, 1.165) is 62.9 Å². The van der Waals surface area contributed by atoms with Crippen LogP contribution in [0.2, 0.25) is 0 Å². The van der Waals surface area contributed by atoms with Crippen LogP contribution in [0.15, 0.2) is 18.2 Å². The molecule has 0 bridgehead atoms. The van der Waals surface area contributed by atoms with Crippen LogP contribution in [0.1, 0.15) is 63.3 Å². The quantitative estimate of drug-likeness (QED) is 0.327. The van der Waals surface area contributed by atoms with Gasteiger partial charge in [0.15, 0.2) is 17.3 Å². The summed E-state index contributed by atoms with van der Waals surface area (Å²) in [5.74, 6) is 2.40. The van der Waals surface area contributed by atoms with Crippen LogP contribution < -0.4 is 14.8 Å². The van der Waals surface area contributed by atoms with E-state index in [1.165, 1.54) is 5.56 Å². The number of hydrogen-bond acceptors (Lipinski definition) is 7. The highest BCUT2D eigenvalue weighted by molar-refractivity contribution is 5.78. The maximum absolute atomic E-state index is 12.2. The van der Waals surface area contributed by atoms with Crippen LogP contribution >= 0.6 is 0 Å². The van der Waals surface area contributed by atoms with Crippen molar-refractivity contribution in [1.29, 1.82) is 0 Å². The molecule has 2 aromatic rings. The van der Waals surface area contributed by atoms with Crippen molar-refractivity contribution in [2.24, 2.45) is 5.92 Å².